The van der Waals surface area contributed by atoms with Gasteiger partial charge in [-0.05, 0) is 44.0 Å². The lowest BCUT2D eigenvalue weighted by Crippen LogP contribution is -2.69. The Hall–Kier alpha value is -4.00. The molecule has 7 N–H and O–H groups in total. The number of ether oxygens (including phenoxy) is 8. The number of aliphatic hydroxyl groups is 7. The molecule has 4 aliphatic heterocycles. The summed E-state index contributed by atoms with van der Waals surface area (Å²) in [6, 6.07) is 11.9. The Morgan fingerprint density at radius 2 is 1.28 bits per heavy atom. The zero-order valence-corrected chi connectivity index (χ0v) is 32.8. The number of carbonyl (C=O) groups excluding carboxylic acids is 4. The number of hydrogen-bond acceptors (Lipinski definition) is 19. The van der Waals surface area contributed by atoms with Crippen molar-refractivity contribution < 1.29 is 92.8 Å². The molecule has 3 saturated heterocycles. The third-order valence-corrected chi connectivity index (χ3v) is 10.9. The van der Waals surface area contributed by atoms with Gasteiger partial charge >= 0.3 is 11.9 Å². The van der Waals surface area contributed by atoms with Crippen molar-refractivity contribution in [3.63, 3.8) is 0 Å². The summed E-state index contributed by atoms with van der Waals surface area (Å²) in [6.07, 6.45) is -22.0. The summed E-state index contributed by atoms with van der Waals surface area (Å²) in [6.45, 7) is -0.363. The number of unbranched alkanes of at least 4 members (excludes halogenated alkanes) is 2. The molecule has 2 aromatic rings. The van der Waals surface area contributed by atoms with Crippen molar-refractivity contribution in [2.45, 2.75) is 125 Å². The fourth-order valence-corrected chi connectivity index (χ4v) is 7.59. The summed E-state index contributed by atoms with van der Waals surface area (Å²) >= 11 is 0. The number of carbonyl (C=O) groups is 4. The second-order valence-electron chi connectivity index (χ2n) is 14.8. The summed E-state index contributed by atoms with van der Waals surface area (Å²) in [4.78, 5) is 54.0. The maximum atomic E-state index is 14.0. The molecule has 0 bridgehead atoms. The first-order valence-corrected chi connectivity index (χ1v) is 19.6. The van der Waals surface area contributed by atoms with Crippen LogP contribution in [0.15, 0.2) is 54.6 Å². The van der Waals surface area contributed by atoms with Gasteiger partial charge in [0.1, 0.15) is 61.0 Å². The third kappa shape index (κ3) is 9.55. The molecule has 0 saturated carbocycles. The van der Waals surface area contributed by atoms with E-state index in [1.807, 2.05) is 0 Å². The average molecular weight is 850 g/mol. The van der Waals surface area contributed by atoms with E-state index in [9.17, 15) is 54.9 Å². The van der Waals surface area contributed by atoms with Gasteiger partial charge in [0.15, 0.2) is 25.0 Å². The summed E-state index contributed by atoms with van der Waals surface area (Å²) in [5.41, 5.74) is 0.0811. The number of esters is 2. The molecule has 2 amide bonds. The van der Waals surface area contributed by atoms with Crippen molar-refractivity contribution >= 4 is 23.8 Å². The van der Waals surface area contributed by atoms with Gasteiger partial charge in [0.25, 0.3) is 11.8 Å². The lowest BCUT2D eigenvalue weighted by atomic mass is 9.94. The number of methoxy groups -OCH3 is 1. The molecular formula is C40H51NO19. The van der Waals surface area contributed by atoms with E-state index in [2.05, 4.69) is 4.74 Å². The van der Waals surface area contributed by atoms with Gasteiger partial charge < -0.3 is 73.6 Å². The molecule has 0 radical (unpaired) electrons. The minimum atomic E-state index is -1.98. The van der Waals surface area contributed by atoms with E-state index in [1.54, 1.807) is 30.3 Å². The van der Waals surface area contributed by atoms with E-state index >= 15 is 0 Å². The fraction of sp³-hybridized carbons (Fsp3) is 0.600. The van der Waals surface area contributed by atoms with E-state index in [1.165, 1.54) is 38.3 Å². The highest BCUT2D eigenvalue weighted by Gasteiger charge is 2.58. The van der Waals surface area contributed by atoms with Gasteiger partial charge in [0, 0.05) is 13.0 Å². The number of amides is 2. The quantitative estimate of drug-likeness (QED) is 0.0568. The first kappa shape index (κ1) is 45.5. The number of hydrogen-bond donors (Lipinski definition) is 7. The van der Waals surface area contributed by atoms with Crippen LogP contribution in [0, 0.1) is 0 Å². The smallest absolute Gasteiger partial charge is 0.338 e. The van der Waals surface area contributed by atoms with Crippen molar-refractivity contribution in [1.82, 2.24) is 4.90 Å². The molecule has 330 valence electrons. The number of imide groups is 1. The number of rotatable bonds is 16. The van der Waals surface area contributed by atoms with Gasteiger partial charge in [-0.25, -0.2) is 4.79 Å². The van der Waals surface area contributed by atoms with Crippen LogP contribution < -0.4 is 0 Å². The lowest BCUT2D eigenvalue weighted by molar-refractivity contribution is -0.372. The van der Waals surface area contributed by atoms with Crippen molar-refractivity contribution in [2.24, 2.45) is 0 Å². The van der Waals surface area contributed by atoms with Crippen LogP contribution in [0.2, 0.25) is 0 Å². The minimum absolute atomic E-state index is 0.0255. The highest BCUT2D eigenvalue weighted by Crippen LogP contribution is 2.38. The molecule has 6 rings (SSSR count). The molecule has 15 atom stereocenters. The van der Waals surface area contributed by atoms with Crippen LogP contribution in [0.25, 0.3) is 0 Å². The summed E-state index contributed by atoms with van der Waals surface area (Å²) in [5.74, 6) is -2.99. The Bertz CT molecular complexity index is 1750. The highest BCUT2D eigenvalue weighted by atomic mass is 16.8. The molecule has 0 unspecified atom stereocenters. The molecular weight excluding hydrogens is 798 g/mol. The van der Waals surface area contributed by atoms with E-state index in [0.717, 1.165) is 4.90 Å². The van der Waals surface area contributed by atoms with Gasteiger partial charge in [-0.2, -0.15) is 0 Å². The van der Waals surface area contributed by atoms with Crippen molar-refractivity contribution in [3.05, 3.63) is 71.3 Å². The Morgan fingerprint density at radius 1 is 0.667 bits per heavy atom. The van der Waals surface area contributed by atoms with E-state index in [-0.39, 0.29) is 29.7 Å². The Kier molecular flexibility index (Phi) is 15.4. The first-order valence-electron chi connectivity index (χ1n) is 19.6. The van der Waals surface area contributed by atoms with E-state index in [0.29, 0.717) is 19.3 Å². The van der Waals surface area contributed by atoms with Crippen LogP contribution in [0.3, 0.4) is 0 Å². The van der Waals surface area contributed by atoms with Crippen LogP contribution >= 0.6 is 0 Å². The molecule has 0 spiro atoms. The molecule has 20 nitrogen and oxygen atoms in total. The van der Waals surface area contributed by atoms with Gasteiger partial charge in [0.05, 0.1) is 43.1 Å². The van der Waals surface area contributed by atoms with Crippen LogP contribution in [-0.2, 0) is 42.7 Å². The molecule has 4 heterocycles. The minimum Gasteiger partial charge on any atom is -0.469 e. The Labute approximate surface area is 344 Å². The van der Waals surface area contributed by atoms with Crippen LogP contribution in [-0.4, -0.2) is 183 Å². The molecule has 0 aliphatic carbocycles. The van der Waals surface area contributed by atoms with E-state index in [4.69, 9.17) is 33.2 Å². The summed E-state index contributed by atoms with van der Waals surface area (Å²) in [7, 11) is 1.28. The average Bonchev–Trinajstić information content (AvgIpc) is 3.51. The van der Waals surface area contributed by atoms with Gasteiger partial charge in [0.2, 0.25) is 0 Å². The molecule has 0 aromatic heterocycles. The number of aliphatic hydroxyl groups excluding tert-OH is 7. The maximum absolute atomic E-state index is 14.0. The zero-order chi connectivity index (χ0) is 43.2. The zero-order valence-electron chi connectivity index (χ0n) is 32.8. The van der Waals surface area contributed by atoms with Crippen LogP contribution in [0.4, 0.5) is 0 Å². The SMILES string of the molecule is COC(=O)CCCCCO[C@@H]1O[C@H](CO)[C@@H](O)[C@H](O[C@@H]2O[C@H](CO)[C@H](O[C@@H]3O[C@@H](C)[C@@H](O)[C@@H](O)[C@@H]3O)[C@H](O)[C@H]2OC(=O)c2ccccc2)[C@H]1N1C(=O)c2ccccc2C1=O. The predicted molar refractivity (Wildman–Crippen MR) is 198 cm³/mol. The van der Waals surface area contributed by atoms with Crippen molar-refractivity contribution in [1.29, 1.82) is 0 Å². The first-order chi connectivity index (χ1) is 28.8. The lowest BCUT2D eigenvalue weighted by Gasteiger charge is -2.50. The van der Waals surface area contributed by atoms with Gasteiger partial charge in [-0.3, -0.25) is 19.3 Å². The third-order valence-electron chi connectivity index (χ3n) is 10.9. The fourth-order valence-electron chi connectivity index (χ4n) is 7.59. The molecule has 4 aliphatic rings. The number of benzene rings is 2. The normalized spacial score (nSPS) is 35.5. The predicted octanol–water partition coefficient (Wildman–Crippen LogP) is -1.62. The standard InChI is InChI=1S/C40H51NO19/c1-19-27(45)29(47)30(48)39(55-19)59-32-24(18-43)57-40(34(31(32)49)58-37(52)20-11-5-3-6-12-20)60-33-26(41-35(50)21-13-8-9-14-22(21)36(41)51)38(56-23(17-42)28(33)46)54-16-10-4-7-15-25(44)53-2/h3,5-6,8-9,11-14,19,23-24,26-34,38-40,42-43,45-49H,4,7,10,15-18H2,1-2H3/t19-,23+,24+,26+,27+,28+,29+,30-,31-,32-,33+,34+,38+,39-,40-/m0/s1. The van der Waals surface area contributed by atoms with Crippen LogP contribution in [0.1, 0.15) is 63.7 Å². The van der Waals surface area contributed by atoms with Crippen molar-refractivity contribution in [3.8, 4) is 0 Å². The Balaban J connectivity index is 1.34. The second-order valence-corrected chi connectivity index (χ2v) is 14.8. The van der Waals surface area contributed by atoms with Gasteiger partial charge in [-0.15, -0.1) is 0 Å². The largest absolute Gasteiger partial charge is 0.469 e. The summed E-state index contributed by atoms with van der Waals surface area (Å²) < 4.78 is 46.4. The summed E-state index contributed by atoms with van der Waals surface area (Å²) in [5, 5.41) is 75.9. The topological polar surface area (TPSA) is 287 Å². The Morgan fingerprint density at radius 3 is 1.92 bits per heavy atom. The number of fused-ring (bicyclic) bond motifs is 1. The van der Waals surface area contributed by atoms with Crippen molar-refractivity contribution in [2.75, 3.05) is 26.9 Å². The highest BCUT2D eigenvalue weighted by molar-refractivity contribution is 6.21. The van der Waals surface area contributed by atoms with Gasteiger partial charge in [-0.1, -0.05) is 36.8 Å². The second kappa shape index (κ2) is 20.2. The molecule has 60 heavy (non-hydrogen) atoms. The molecule has 3 fully saturated rings. The number of nitrogens with zero attached hydrogens (tertiary/aromatic N) is 1. The van der Waals surface area contributed by atoms with E-state index < -0.39 is 129 Å². The van der Waals surface area contributed by atoms with Crippen LogP contribution in [0.5, 0.6) is 0 Å². The monoisotopic (exact) mass is 849 g/mol. The molecule has 20 heteroatoms. The maximum Gasteiger partial charge on any atom is 0.338 e. The molecule has 2 aromatic carbocycles.